The molecule has 0 aliphatic heterocycles. The lowest BCUT2D eigenvalue weighted by Crippen LogP contribution is -1.82. The van der Waals surface area contributed by atoms with Crippen LogP contribution in [0, 0.1) is 0 Å². The predicted octanol–water partition coefficient (Wildman–Crippen LogP) is 8.89. The fourth-order valence-electron chi connectivity index (χ4n) is 3.25. The standard InChI is InChI=1S/C23H44F2/c24-22-20-18-16-14-12-10-8-6-4-2-1-3-5-7-9-11-13-15-17-19-21-23-25/h1-2H,3-23H2. The second-order valence-corrected chi connectivity index (χ2v) is 7.44. The summed E-state index contributed by atoms with van der Waals surface area (Å²) in [4.78, 5) is 0. The van der Waals surface area contributed by atoms with E-state index in [-0.39, 0.29) is 13.3 Å². The van der Waals surface area contributed by atoms with Crippen LogP contribution in [0.25, 0.3) is 0 Å². The van der Waals surface area contributed by atoms with Crippen molar-refractivity contribution in [1.29, 1.82) is 0 Å². The molecule has 0 heterocycles. The molecule has 0 saturated heterocycles. The van der Waals surface area contributed by atoms with Crippen LogP contribution in [-0.2, 0) is 0 Å². The molecule has 0 aliphatic carbocycles. The topological polar surface area (TPSA) is 0 Å². The summed E-state index contributed by atoms with van der Waals surface area (Å²) in [5.41, 5.74) is 0. The van der Waals surface area contributed by atoms with Crippen LogP contribution in [0.1, 0.15) is 122 Å². The Balaban J connectivity index is 3.04. The molecule has 0 aromatic carbocycles. The van der Waals surface area contributed by atoms with Crippen LogP contribution < -0.4 is 0 Å². The highest BCUT2D eigenvalue weighted by atomic mass is 19.1. The van der Waals surface area contributed by atoms with Crippen molar-refractivity contribution in [3.05, 3.63) is 12.2 Å². The van der Waals surface area contributed by atoms with Crippen molar-refractivity contribution in [2.45, 2.75) is 122 Å². The van der Waals surface area contributed by atoms with Gasteiger partial charge in [-0.05, 0) is 38.5 Å². The zero-order valence-electron chi connectivity index (χ0n) is 16.8. The van der Waals surface area contributed by atoms with Crippen LogP contribution in [0.4, 0.5) is 8.78 Å². The lowest BCUT2D eigenvalue weighted by atomic mass is 10.1. The fraction of sp³-hybridized carbons (Fsp3) is 0.913. The van der Waals surface area contributed by atoms with Gasteiger partial charge in [0.05, 0.1) is 13.3 Å². The first-order valence-corrected chi connectivity index (χ1v) is 11.2. The molecule has 0 aromatic rings. The van der Waals surface area contributed by atoms with Crippen LogP contribution in [-0.4, -0.2) is 13.3 Å². The highest BCUT2D eigenvalue weighted by Gasteiger charge is 1.93. The lowest BCUT2D eigenvalue weighted by molar-refractivity contribution is 0.449. The zero-order valence-corrected chi connectivity index (χ0v) is 16.8. The predicted molar refractivity (Wildman–Crippen MR) is 109 cm³/mol. The summed E-state index contributed by atoms with van der Waals surface area (Å²) in [6.45, 7) is -0.287. The highest BCUT2D eigenvalue weighted by molar-refractivity contribution is 4.81. The molecule has 0 atom stereocenters. The van der Waals surface area contributed by atoms with E-state index in [0.717, 1.165) is 25.7 Å². The van der Waals surface area contributed by atoms with Gasteiger partial charge in [-0.2, -0.15) is 0 Å². The van der Waals surface area contributed by atoms with Gasteiger partial charge in [-0.25, -0.2) is 0 Å². The number of hydrogen-bond donors (Lipinski definition) is 0. The van der Waals surface area contributed by atoms with Gasteiger partial charge in [0.2, 0.25) is 0 Å². The van der Waals surface area contributed by atoms with E-state index in [1.807, 2.05) is 0 Å². The molecule has 2 heteroatoms. The van der Waals surface area contributed by atoms with Crippen LogP contribution in [0.15, 0.2) is 12.2 Å². The summed E-state index contributed by atoms with van der Waals surface area (Å²) in [5.74, 6) is 0. The van der Waals surface area contributed by atoms with Gasteiger partial charge in [0.1, 0.15) is 0 Å². The molecule has 0 N–H and O–H groups in total. The molecular weight excluding hydrogens is 314 g/mol. The van der Waals surface area contributed by atoms with Gasteiger partial charge in [0, 0.05) is 0 Å². The van der Waals surface area contributed by atoms with E-state index in [0.29, 0.717) is 0 Å². The summed E-state index contributed by atoms with van der Waals surface area (Å²) in [5, 5.41) is 0. The maximum atomic E-state index is 11.9. The summed E-state index contributed by atoms with van der Waals surface area (Å²) < 4.78 is 23.8. The Morgan fingerprint density at radius 1 is 0.320 bits per heavy atom. The molecule has 0 nitrogen and oxygen atoms in total. The Morgan fingerprint density at radius 3 is 0.840 bits per heavy atom. The minimum atomic E-state index is -0.144. The zero-order chi connectivity index (χ0) is 18.3. The van der Waals surface area contributed by atoms with Gasteiger partial charge in [0.25, 0.3) is 0 Å². The summed E-state index contributed by atoms with van der Waals surface area (Å²) >= 11 is 0. The average Bonchev–Trinajstić information content (AvgIpc) is 2.63. The molecule has 0 rings (SSSR count). The molecule has 0 radical (unpaired) electrons. The Kier molecular flexibility index (Phi) is 23.2. The Morgan fingerprint density at radius 2 is 0.560 bits per heavy atom. The van der Waals surface area contributed by atoms with Crippen LogP contribution in [0.3, 0.4) is 0 Å². The SMILES string of the molecule is FCCCCCCCCCCC=CCCCCCCCCCCCF. The monoisotopic (exact) mass is 358 g/mol. The molecule has 150 valence electrons. The van der Waals surface area contributed by atoms with Crippen molar-refractivity contribution >= 4 is 0 Å². The second kappa shape index (κ2) is 23.6. The van der Waals surface area contributed by atoms with E-state index in [2.05, 4.69) is 12.2 Å². The summed E-state index contributed by atoms with van der Waals surface area (Å²) in [7, 11) is 0. The van der Waals surface area contributed by atoms with Gasteiger partial charge >= 0.3 is 0 Å². The fourth-order valence-corrected chi connectivity index (χ4v) is 3.25. The molecule has 0 saturated carbocycles. The number of rotatable bonds is 21. The van der Waals surface area contributed by atoms with E-state index >= 15 is 0 Å². The minimum Gasteiger partial charge on any atom is -0.251 e. The van der Waals surface area contributed by atoms with Gasteiger partial charge in [-0.15, -0.1) is 0 Å². The van der Waals surface area contributed by atoms with Crippen molar-refractivity contribution in [3.8, 4) is 0 Å². The lowest BCUT2D eigenvalue weighted by Gasteiger charge is -2.01. The molecule has 0 fully saturated rings. The quantitative estimate of drug-likeness (QED) is 0.142. The maximum Gasteiger partial charge on any atom is 0.0894 e. The van der Waals surface area contributed by atoms with E-state index in [4.69, 9.17) is 0 Å². The summed E-state index contributed by atoms with van der Waals surface area (Å²) in [6.07, 6.45) is 27.9. The molecule has 0 bridgehead atoms. The Bertz CT molecular complexity index is 250. The summed E-state index contributed by atoms with van der Waals surface area (Å²) in [6, 6.07) is 0. The number of alkyl halides is 2. The van der Waals surface area contributed by atoms with Crippen molar-refractivity contribution in [1.82, 2.24) is 0 Å². The van der Waals surface area contributed by atoms with Gasteiger partial charge in [-0.3, -0.25) is 8.78 Å². The molecule has 0 unspecified atom stereocenters. The molecule has 0 spiro atoms. The number of hydrogen-bond acceptors (Lipinski definition) is 0. The van der Waals surface area contributed by atoms with Crippen LogP contribution >= 0.6 is 0 Å². The van der Waals surface area contributed by atoms with Crippen LogP contribution in [0.2, 0.25) is 0 Å². The van der Waals surface area contributed by atoms with Crippen molar-refractivity contribution < 1.29 is 8.78 Å². The first-order valence-electron chi connectivity index (χ1n) is 11.2. The first-order chi connectivity index (χ1) is 12.4. The first kappa shape index (κ1) is 24.6. The Labute approximate surface area is 156 Å². The van der Waals surface area contributed by atoms with Crippen molar-refractivity contribution in [2.75, 3.05) is 13.3 Å². The smallest absolute Gasteiger partial charge is 0.0894 e. The average molecular weight is 359 g/mol. The van der Waals surface area contributed by atoms with Gasteiger partial charge in [-0.1, -0.05) is 95.6 Å². The van der Waals surface area contributed by atoms with Crippen molar-refractivity contribution in [2.24, 2.45) is 0 Å². The number of halogens is 2. The molecular formula is C23H44F2. The van der Waals surface area contributed by atoms with Gasteiger partial charge in [0.15, 0.2) is 0 Å². The molecule has 0 aliphatic rings. The third-order valence-electron chi connectivity index (χ3n) is 4.93. The third-order valence-corrected chi connectivity index (χ3v) is 4.93. The van der Waals surface area contributed by atoms with Gasteiger partial charge < -0.3 is 0 Å². The third kappa shape index (κ3) is 23.6. The largest absolute Gasteiger partial charge is 0.251 e. The number of allylic oxidation sites excluding steroid dienone is 2. The van der Waals surface area contributed by atoms with Crippen LogP contribution in [0.5, 0.6) is 0 Å². The highest BCUT2D eigenvalue weighted by Crippen LogP contribution is 2.12. The second-order valence-electron chi connectivity index (χ2n) is 7.44. The molecule has 0 aromatic heterocycles. The minimum absolute atomic E-state index is 0.143. The Hall–Kier alpha value is -0.400. The van der Waals surface area contributed by atoms with E-state index < -0.39 is 0 Å². The van der Waals surface area contributed by atoms with Crippen molar-refractivity contribution in [3.63, 3.8) is 0 Å². The molecule has 25 heavy (non-hydrogen) atoms. The van der Waals surface area contributed by atoms with E-state index in [1.54, 1.807) is 0 Å². The maximum absolute atomic E-state index is 11.9. The normalized spacial score (nSPS) is 11.6. The molecule has 0 amide bonds. The van der Waals surface area contributed by atoms with E-state index in [1.165, 1.54) is 96.3 Å². The number of unbranched alkanes of at least 4 members (excludes halogenated alkanes) is 17. The van der Waals surface area contributed by atoms with E-state index in [9.17, 15) is 8.78 Å².